The zero-order valence-electron chi connectivity index (χ0n) is 17.1. The molecule has 3 rings (SSSR count). The van der Waals surface area contributed by atoms with E-state index in [1.54, 1.807) is 18.2 Å². The van der Waals surface area contributed by atoms with Gasteiger partial charge in [0.1, 0.15) is 0 Å². The van der Waals surface area contributed by atoms with Crippen LogP contribution < -0.4 is 10.4 Å². The average molecular weight is 462 g/mol. The van der Waals surface area contributed by atoms with Crippen LogP contribution in [-0.2, 0) is 4.79 Å². The minimum atomic E-state index is -0.597. The molecule has 1 heterocycles. The van der Waals surface area contributed by atoms with Crippen LogP contribution in [0.1, 0.15) is 21.5 Å². The summed E-state index contributed by atoms with van der Waals surface area (Å²) in [4.78, 5) is 28.3. The number of carbonyl (C=O) groups excluding carboxylic acids is 2. The largest absolute Gasteiger partial charge is 0.369 e. The Kier molecular flexibility index (Phi) is 9.27. The van der Waals surface area contributed by atoms with Gasteiger partial charge in [-0.05, 0) is 48.5 Å². The standard InChI is InChI=1S/C23H24ClN3O3.ClH/c1-26-12-14-27(15-13-26)19-8-9-21(24)20(16-19)22(28)10-6-17-2-4-18(5-3-17)7-11-23(29)25-30;/h2-11,16,30H,12-15H2,1H3,(H,25,29);1H/b10-6+,11-7+;. The molecule has 0 aromatic heterocycles. The number of hydrogen-bond donors (Lipinski definition) is 2. The Morgan fingerprint density at radius 1 is 0.968 bits per heavy atom. The van der Waals surface area contributed by atoms with Crippen molar-refractivity contribution >= 4 is 53.5 Å². The van der Waals surface area contributed by atoms with Crippen molar-refractivity contribution in [3.8, 4) is 0 Å². The minimum Gasteiger partial charge on any atom is -0.369 e. The smallest absolute Gasteiger partial charge is 0.267 e. The molecule has 0 unspecified atom stereocenters. The molecule has 1 aliphatic rings. The molecular weight excluding hydrogens is 437 g/mol. The van der Waals surface area contributed by atoms with Gasteiger partial charge in [-0.1, -0.05) is 41.9 Å². The number of hydrogen-bond acceptors (Lipinski definition) is 5. The molecule has 0 bridgehead atoms. The van der Waals surface area contributed by atoms with Crippen molar-refractivity contribution in [2.24, 2.45) is 0 Å². The van der Waals surface area contributed by atoms with Crippen LogP contribution in [0.3, 0.4) is 0 Å². The average Bonchev–Trinajstić information content (AvgIpc) is 2.77. The van der Waals surface area contributed by atoms with E-state index in [9.17, 15) is 9.59 Å². The second-order valence-corrected chi connectivity index (χ2v) is 7.54. The summed E-state index contributed by atoms with van der Waals surface area (Å²) < 4.78 is 0. The monoisotopic (exact) mass is 461 g/mol. The fourth-order valence-electron chi connectivity index (χ4n) is 3.15. The number of likely N-dealkylation sites (N-methyl/N-ethyl adjacent to an activating group) is 1. The van der Waals surface area contributed by atoms with Crippen molar-refractivity contribution in [3.05, 3.63) is 76.3 Å². The van der Waals surface area contributed by atoms with Crippen molar-refractivity contribution < 1.29 is 14.8 Å². The van der Waals surface area contributed by atoms with Gasteiger partial charge in [-0.15, -0.1) is 12.4 Å². The van der Waals surface area contributed by atoms with Gasteiger partial charge < -0.3 is 9.80 Å². The van der Waals surface area contributed by atoms with E-state index >= 15 is 0 Å². The fraction of sp³-hybridized carbons (Fsp3) is 0.217. The SMILES string of the molecule is CN1CCN(c2ccc(Cl)c(C(=O)/C=C/c3ccc(/C=C/C(=O)NO)cc3)c2)CC1.Cl. The van der Waals surface area contributed by atoms with Crippen LogP contribution in [0.15, 0.2) is 54.6 Å². The summed E-state index contributed by atoms with van der Waals surface area (Å²) in [5, 5.41) is 8.92. The van der Waals surface area contributed by atoms with Crippen LogP contribution in [0.5, 0.6) is 0 Å². The Bertz CT molecular complexity index is 967. The Labute approximate surface area is 193 Å². The molecule has 0 atom stereocenters. The molecule has 31 heavy (non-hydrogen) atoms. The molecule has 0 aliphatic carbocycles. The van der Waals surface area contributed by atoms with E-state index in [0.29, 0.717) is 10.6 Å². The lowest BCUT2D eigenvalue weighted by Gasteiger charge is -2.34. The van der Waals surface area contributed by atoms with Crippen LogP contribution >= 0.6 is 24.0 Å². The summed E-state index contributed by atoms with van der Waals surface area (Å²) in [5.74, 6) is -0.750. The first-order valence-corrected chi connectivity index (χ1v) is 10.0. The highest BCUT2D eigenvalue weighted by Gasteiger charge is 2.16. The number of allylic oxidation sites excluding steroid dienone is 1. The van der Waals surface area contributed by atoms with Crippen molar-refractivity contribution in [2.45, 2.75) is 0 Å². The van der Waals surface area contributed by atoms with Crippen LogP contribution in [-0.4, -0.2) is 55.0 Å². The molecular formula is C23H25Cl2N3O3. The van der Waals surface area contributed by atoms with Gasteiger partial charge in [0.2, 0.25) is 0 Å². The topological polar surface area (TPSA) is 72.9 Å². The van der Waals surface area contributed by atoms with Gasteiger partial charge in [0.05, 0.1) is 5.02 Å². The molecule has 1 fully saturated rings. The molecule has 2 aromatic carbocycles. The van der Waals surface area contributed by atoms with E-state index in [1.165, 1.54) is 17.6 Å². The number of rotatable bonds is 6. The number of nitrogens with one attached hydrogen (secondary N) is 1. The number of benzene rings is 2. The highest BCUT2D eigenvalue weighted by molar-refractivity contribution is 6.34. The highest BCUT2D eigenvalue weighted by Crippen LogP contribution is 2.25. The number of halogens is 2. The molecule has 2 N–H and O–H groups in total. The van der Waals surface area contributed by atoms with Crippen molar-refractivity contribution in [1.29, 1.82) is 0 Å². The minimum absolute atomic E-state index is 0. The predicted molar refractivity (Wildman–Crippen MR) is 127 cm³/mol. The number of nitrogens with zero attached hydrogens (tertiary/aromatic N) is 2. The quantitative estimate of drug-likeness (QED) is 0.295. The molecule has 6 nitrogen and oxygen atoms in total. The third-order valence-corrected chi connectivity index (χ3v) is 5.31. The van der Waals surface area contributed by atoms with E-state index in [2.05, 4.69) is 16.8 Å². The van der Waals surface area contributed by atoms with Gasteiger partial charge in [-0.2, -0.15) is 0 Å². The normalized spacial score (nSPS) is 14.6. The van der Waals surface area contributed by atoms with Crippen LogP contribution in [0.25, 0.3) is 12.2 Å². The maximum absolute atomic E-state index is 12.7. The number of hydroxylamine groups is 1. The summed E-state index contributed by atoms with van der Waals surface area (Å²) in [6.07, 6.45) is 6.05. The second kappa shape index (κ2) is 11.7. The Balaban J connectivity index is 0.00000341. The lowest BCUT2D eigenvalue weighted by Crippen LogP contribution is -2.44. The third-order valence-electron chi connectivity index (χ3n) is 4.98. The van der Waals surface area contributed by atoms with Crippen LogP contribution in [0.4, 0.5) is 5.69 Å². The van der Waals surface area contributed by atoms with Crippen molar-refractivity contribution in [1.82, 2.24) is 10.4 Å². The van der Waals surface area contributed by atoms with Crippen molar-refractivity contribution in [3.63, 3.8) is 0 Å². The summed E-state index contributed by atoms with van der Waals surface area (Å²) in [7, 11) is 2.10. The molecule has 1 saturated heterocycles. The van der Waals surface area contributed by atoms with Crippen LogP contribution in [0, 0.1) is 0 Å². The summed E-state index contributed by atoms with van der Waals surface area (Å²) in [5.41, 5.74) is 4.67. The Morgan fingerprint density at radius 2 is 1.55 bits per heavy atom. The highest BCUT2D eigenvalue weighted by atomic mass is 35.5. The van der Waals surface area contributed by atoms with E-state index < -0.39 is 5.91 Å². The third kappa shape index (κ3) is 6.94. The number of amides is 1. The van der Waals surface area contributed by atoms with Gasteiger partial charge in [0, 0.05) is 43.5 Å². The molecule has 0 spiro atoms. The lowest BCUT2D eigenvalue weighted by molar-refractivity contribution is -0.124. The molecule has 1 aliphatic heterocycles. The Morgan fingerprint density at radius 3 is 2.13 bits per heavy atom. The van der Waals surface area contributed by atoms with Crippen LogP contribution in [0.2, 0.25) is 5.02 Å². The van der Waals surface area contributed by atoms with Gasteiger partial charge in [-0.3, -0.25) is 14.8 Å². The number of ketones is 1. The zero-order chi connectivity index (χ0) is 21.5. The molecule has 164 valence electrons. The first-order chi connectivity index (χ1) is 14.5. The van der Waals surface area contributed by atoms with Gasteiger partial charge >= 0.3 is 0 Å². The van der Waals surface area contributed by atoms with Gasteiger partial charge in [-0.25, -0.2) is 5.48 Å². The fourth-order valence-corrected chi connectivity index (χ4v) is 3.36. The van der Waals surface area contributed by atoms with Gasteiger partial charge in [0.25, 0.3) is 5.91 Å². The molecule has 1 amide bonds. The molecule has 0 saturated carbocycles. The van der Waals surface area contributed by atoms with E-state index in [4.69, 9.17) is 16.8 Å². The summed E-state index contributed by atoms with van der Waals surface area (Å²) >= 11 is 6.29. The maximum Gasteiger partial charge on any atom is 0.267 e. The van der Waals surface area contributed by atoms with Crippen molar-refractivity contribution in [2.75, 3.05) is 38.1 Å². The maximum atomic E-state index is 12.7. The predicted octanol–water partition coefficient (Wildman–Crippen LogP) is 3.93. The number of piperazine rings is 1. The summed E-state index contributed by atoms with van der Waals surface area (Å²) in [6.45, 7) is 3.81. The summed E-state index contributed by atoms with van der Waals surface area (Å²) in [6, 6.07) is 12.9. The van der Waals surface area contributed by atoms with E-state index in [1.807, 2.05) is 36.4 Å². The first kappa shape index (κ1) is 24.6. The number of anilines is 1. The zero-order valence-corrected chi connectivity index (χ0v) is 18.7. The second-order valence-electron chi connectivity index (χ2n) is 7.13. The number of carbonyl (C=O) groups is 2. The first-order valence-electron chi connectivity index (χ1n) is 9.64. The molecule has 2 aromatic rings. The molecule has 0 radical (unpaired) electrons. The van der Waals surface area contributed by atoms with E-state index in [-0.39, 0.29) is 18.2 Å². The van der Waals surface area contributed by atoms with Gasteiger partial charge in [0.15, 0.2) is 5.78 Å². The van der Waals surface area contributed by atoms with E-state index in [0.717, 1.165) is 43.0 Å². The molecule has 8 heteroatoms. The Hall–Kier alpha value is -2.64. The lowest BCUT2D eigenvalue weighted by atomic mass is 10.1.